The quantitative estimate of drug-likeness (QED) is 0.272. The van der Waals surface area contributed by atoms with Gasteiger partial charge in [-0.3, -0.25) is 4.98 Å². The monoisotopic (exact) mass is 411 g/mol. The van der Waals surface area contributed by atoms with Gasteiger partial charge in [0.1, 0.15) is 0 Å². The molecule has 0 bridgehead atoms. The van der Waals surface area contributed by atoms with Crippen LogP contribution in [0.3, 0.4) is 0 Å². The van der Waals surface area contributed by atoms with Crippen LogP contribution in [-0.2, 0) is 9.31 Å². The third-order valence-electron chi connectivity index (χ3n) is 6.25. The molecule has 0 spiro atoms. The average molecular weight is 411 g/mol. The molecule has 30 heavy (non-hydrogen) atoms. The number of rotatable bonds is 9. The smallest absolute Gasteiger partial charge is 0.399 e. The summed E-state index contributed by atoms with van der Waals surface area (Å²) >= 11 is 0. The zero-order valence-electron chi connectivity index (χ0n) is 20.4. The lowest BCUT2D eigenvalue weighted by Gasteiger charge is -2.32. The van der Waals surface area contributed by atoms with Crippen molar-refractivity contribution in [2.24, 2.45) is 5.41 Å². The Labute approximate surface area is 185 Å². The summed E-state index contributed by atoms with van der Waals surface area (Å²) in [4.78, 5) is 4.34. The molecule has 1 fully saturated rings. The van der Waals surface area contributed by atoms with E-state index in [0.29, 0.717) is 5.41 Å². The molecular formula is C26H42BNO2. The number of hydrogen-bond acceptors (Lipinski definition) is 3. The number of pyridine rings is 1. The SMILES string of the molecule is CC(C)(C)CCCCCCCCCC#Cc1cncc(B2OC(C)(C)C(C)(C)O2)c1. The second kappa shape index (κ2) is 10.8. The zero-order chi connectivity index (χ0) is 22.3. The maximum Gasteiger partial charge on any atom is 0.496 e. The van der Waals surface area contributed by atoms with Crippen molar-refractivity contribution in [3.63, 3.8) is 0 Å². The lowest BCUT2D eigenvalue weighted by Crippen LogP contribution is -2.41. The van der Waals surface area contributed by atoms with Crippen LogP contribution in [0, 0.1) is 17.3 Å². The van der Waals surface area contributed by atoms with Gasteiger partial charge in [0.25, 0.3) is 0 Å². The minimum absolute atomic E-state index is 0.341. The molecule has 2 rings (SSSR count). The van der Waals surface area contributed by atoms with Crippen LogP contribution in [0.4, 0.5) is 0 Å². The molecule has 1 aromatic heterocycles. The topological polar surface area (TPSA) is 31.4 Å². The molecule has 1 aromatic rings. The molecule has 0 aromatic carbocycles. The van der Waals surface area contributed by atoms with Crippen LogP contribution in [0.5, 0.6) is 0 Å². The summed E-state index contributed by atoms with van der Waals surface area (Å²) in [7, 11) is -0.382. The third kappa shape index (κ3) is 8.08. The first kappa shape index (κ1) is 25.0. The van der Waals surface area contributed by atoms with Crippen molar-refractivity contribution in [2.45, 2.75) is 117 Å². The Morgan fingerprint density at radius 2 is 1.43 bits per heavy atom. The molecule has 1 aliphatic rings. The normalized spacial score (nSPS) is 17.6. The van der Waals surface area contributed by atoms with Gasteiger partial charge in [0.15, 0.2) is 0 Å². The molecule has 0 unspecified atom stereocenters. The summed E-state index contributed by atoms with van der Waals surface area (Å²) < 4.78 is 12.2. The van der Waals surface area contributed by atoms with Gasteiger partial charge < -0.3 is 9.31 Å². The summed E-state index contributed by atoms with van der Waals surface area (Å²) in [5, 5.41) is 0. The van der Waals surface area contributed by atoms with Gasteiger partial charge in [-0.05, 0) is 52.0 Å². The highest BCUT2D eigenvalue weighted by atomic mass is 16.7. The van der Waals surface area contributed by atoms with E-state index in [1.54, 1.807) is 0 Å². The number of hydrogen-bond donors (Lipinski definition) is 0. The van der Waals surface area contributed by atoms with Crippen molar-refractivity contribution in [1.82, 2.24) is 4.98 Å². The lowest BCUT2D eigenvalue weighted by atomic mass is 9.80. The Morgan fingerprint density at radius 1 is 0.867 bits per heavy atom. The molecular weight excluding hydrogens is 369 g/mol. The van der Waals surface area contributed by atoms with E-state index in [1.807, 2.05) is 18.5 Å². The fourth-order valence-corrected chi connectivity index (χ4v) is 3.55. The minimum atomic E-state index is -0.382. The van der Waals surface area contributed by atoms with Crippen molar-refractivity contribution in [1.29, 1.82) is 0 Å². The Kier molecular flexibility index (Phi) is 9.01. The molecule has 3 nitrogen and oxygen atoms in total. The van der Waals surface area contributed by atoms with Crippen molar-refractivity contribution in [2.75, 3.05) is 0 Å². The molecule has 2 heterocycles. The molecule has 166 valence electrons. The summed E-state index contributed by atoms with van der Waals surface area (Å²) in [6, 6.07) is 2.04. The predicted molar refractivity (Wildman–Crippen MR) is 128 cm³/mol. The molecule has 0 radical (unpaired) electrons. The van der Waals surface area contributed by atoms with Crippen LogP contribution in [0.25, 0.3) is 0 Å². The van der Waals surface area contributed by atoms with Crippen molar-refractivity contribution < 1.29 is 9.31 Å². The summed E-state index contributed by atoms with van der Waals surface area (Å²) in [5.74, 6) is 6.57. The van der Waals surface area contributed by atoms with Gasteiger partial charge in [0.2, 0.25) is 0 Å². The van der Waals surface area contributed by atoms with Crippen LogP contribution in [0.1, 0.15) is 112 Å². The first-order chi connectivity index (χ1) is 14.0. The molecule has 1 aliphatic heterocycles. The molecule has 0 amide bonds. The first-order valence-corrected chi connectivity index (χ1v) is 11.8. The Hall–Kier alpha value is -1.31. The highest BCUT2D eigenvalue weighted by molar-refractivity contribution is 6.62. The van der Waals surface area contributed by atoms with Gasteiger partial charge in [-0.25, -0.2) is 0 Å². The van der Waals surface area contributed by atoms with E-state index in [1.165, 1.54) is 51.4 Å². The van der Waals surface area contributed by atoms with Gasteiger partial charge in [-0.2, -0.15) is 0 Å². The summed E-state index contributed by atoms with van der Waals surface area (Å²) in [6.07, 6.45) is 15.2. The highest BCUT2D eigenvalue weighted by Crippen LogP contribution is 2.36. The maximum absolute atomic E-state index is 6.12. The Morgan fingerprint density at radius 3 is 2.03 bits per heavy atom. The van der Waals surface area contributed by atoms with Gasteiger partial charge in [-0.15, -0.1) is 0 Å². The van der Waals surface area contributed by atoms with Gasteiger partial charge in [0, 0.05) is 29.8 Å². The second-order valence-corrected chi connectivity index (χ2v) is 10.9. The number of nitrogens with zero attached hydrogens (tertiary/aromatic N) is 1. The van der Waals surface area contributed by atoms with E-state index in [2.05, 4.69) is 65.3 Å². The fourth-order valence-electron chi connectivity index (χ4n) is 3.55. The van der Waals surface area contributed by atoms with Crippen LogP contribution < -0.4 is 5.46 Å². The van der Waals surface area contributed by atoms with Crippen molar-refractivity contribution >= 4 is 12.6 Å². The van der Waals surface area contributed by atoms with E-state index in [4.69, 9.17) is 9.31 Å². The maximum atomic E-state index is 6.12. The predicted octanol–water partition coefficient (Wildman–Crippen LogP) is 6.29. The average Bonchev–Trinajstić information content (AvgIpc) is 2.86. The van der Waals surface area contributed by atoms with Gasteiger partial charge in [-0.1, -0.05) is 71.1 Å². The van der Waals surface area contributed by atoms with Crippen LogP contribution in [0.2, 0.25) is 0 Å². The summed E-state index contributed by atoms with van der Waals surface area (Å²) in [6.45, 7) is 15.3. The molecule has 1 saturated heterocycles. The van der Waals surface area contributed by atoms with Crippen LogP contribution in [0.15, 0.2) is 18.5 Å². The van der Waals surface area contributed by atoms with E-state index in [0.717, 1.165) is 17.4 Å². The first-order valence-electron chi connectivity index (χ1n) is 11.8. The van der Waals surface area contributed by atoms with E-state index in [-0.39, 0.29) is 18.3 Å². The van der Waals surface area contributed by atoms with Crippen LogP contribution >= 0.6 is 0 Å². The molecule has 0 saturated carbocycles. The van der Waals surface area contributed by atoms with E-state index in [9.17, 15) is 0 Å². The Bertz CT molecular complexity index is 709. The standard InChI is InChI=1S/C26H42BNO2/c1-24(2,3)18-16-14-12-10-8-9-11-13-15-17-22-19-23(21-28-20-22)27-29-25(4,5)26(6,7)30-27/h19-21H,8-14,16,18H2,1-7H3. The van der Waals surface area contributed by atoms with E-state index >= 15 is 0 Å². The fraction of sp³-hybridized carbons (Fsp3) is 0.731. The number of unbranched alkanes of at least 4 members (excludes halogenated alkanes) is 7. The van der Waals surface area contributed by atoms with Crippen molar-refractivity contribution in [3.8, 4) is 11.8 Å². The molecule has 0 N–H and O–H groups in total. The van der Waals surface area contributed by atoms with Gasteiger partial charge in [0.05, 0.1) is 11.2 Å². The third-order valence-corrected chi connectivity index (χ3v) is 6.25. The van der Waals surface area contributed by atoms with Gasteiger partial charge >= 0.3 is 7.12 Å². The summed E-state index contributed by atoms with van der Waals surface area (Å²) in [5.41, 5.74) is 1.67. The largest absolute Gasteiger partial charge is 0.496 e. The van der Waals surface area contributed by atoms with E-state index < -0.39 is 0 Å². The molecule has 0 atom stereocenters. The highest BCUT2D eigenvalue weighted by Gasteiger charge is 2.51. The second-order valence-electron chi connectivity index (χ2n) is 10.9. The Balaban J connectivity index is 1.66. The lowest BCUT2D eigenvalue weighted by molar-refractivity contribution is 0.00578. The molecule has 0 aliphatic carbocycles. The van der Waals surface area contributed by atoms with Crippen molar-refractivity contribution in [3.05, 3.63) is 24.0 Å². The molecule has 4 heteroatoms. The minimum Gasteiger partial charge on any atom is -0.399 e. The van der Waals surface area contributed by atoms with Crippen LogP contribution in [-0.4, -0.2) is 23.3 Å². The zero-order valence-corrected chi connectivity index (χ0v) is 20.4. The number of aromatic nitrogens is 1.